The van der Waals surface area contributed by atoms with Crippen LogP contribution in [0.5, 0.6) is 0 Å². The zero-order chi connectivity index (χ0) is 30.1. The van der Waals surface area contributed by atoms with Gasteiger partial charge in [0.1, 0.15) is 5.58 Å². The van der Waals surface area contributed by atoms with Crippen LogP contribution in [0.1, 0.15) is 35.0 Å². The summed E-state index contributed by atoms with van der Waals surface area (Å²) in [6.07, 6.45) is 3.35. The minimum absolute atomic E-state index is 0. The summed E-state index contributed by atoms with van der Waals surface area (Å²) < 4.78 is 28.0. The van der Waals surface area contributed by atoms with Crippen LogP contribution in [0.25, 0.3) is 44.5 Å². The number of hydrogen-bond acceptors (Lipinski definition) is 3. The van der Waals surface area contributed by atoms with Crippen molar-refractivity contribution in [2.75, 3.05) is 0 Å². The molecule has 3 aromatic heterocycles. The van der Waals surface area contributed by atoms with Crippen LogP contribution in [0.15, 0.2) is 95.7 Å². The van der Waals surface area contributed by atoms with E-state index in [0.29, 0.717) is 5.92 Å². The van der Waals surface area contributed by atoms with Crippen LogP contribution < -0.4 is 5.19 Å². The number of rotatable bonds is 4. The van der Waals surface area contributed by atoms with E-state index in [1.807, 2.05) is 30.5 Å². The molecule has 5 heteroatoms. The summed E-state index contributed by atoms with van der Waals surface area (Å²) in [7, 11) is -1.48. The van der Waals surface area contributed by atoms with E-state index in [1.165, 1.54) is 27.7 Å². The van der Waals surface area contributed by atoms with Crippen molar-refractivity contribution < 1.29 is 28.6 Å². The molecule has 0 unspecified atom stereocenters. The number of hydrogen-bond donors (Lipinski definition) is 0. The Labute approximate surface area is 256 Å². The number of nitrogens with zero attached hydrogens (tertiary/aromatic N) is 2. The molecule has 0 aliphatic rings. The molecule has 0 aliphatic heterocycles. The van der Waals surface area contributed by atoms with E-state index in [2.05, 4.69) is 92.0 Å². The van der Waals surface area contributed by atoms with Gasteiger partial charge in [0.2, 0.25) is 0 Å². The molecule has 0 saturated heterocycles. The molecule has 0 amide bonds. The quantitative estimate of drug-likeness (QED) is 0.135. The molecule has 40 heavy (non-hydrogen) atoms. The molecule has 6 aromatic rings. The Bertz CT molecular complexity index is 1810. The summed E-state index contributed by atoms with van der Waals surface area (Å²) >= 11 is 0. The van der Waals surface area contributed by atoms with Crippen LogP contribution in [-0.4, -0.2) is 18.0 Å². The first-order chi connectivity index (χ1) is 19.9. The van der Waals surface area contributed by atoms with E-state index >= 15 is 0 Å². The third-order valence-corrected chi connectivity index (χ3v) is 8.76. The van der Waals surface area contributed by atoms with Gasteiger partial charge in [-0.1, -0.05) is 86.0 Å². The fourth-order valence-corrected chi connectivity index (χ4v) is 6.21. The predicted molar refractivity (Wildman–Crippen MR) is 166 cm³/mol. The fraction of sp³-hybridized carbons (Fsp3) is 0.200. The van der Waals surface area contributed by atoms with E-state index in [0.717, 1.165) is 33.7 Å². The van der Waals surface area contributed by atoms with Crippen LogP contribution in [0.2, 0.25) is 19.6 Å². The zero-order valence-corrected chi connectivity index (χ0v) is 26.8. The van der Waals surface area contributed by atoms with Crippen molar-refractivity contribution in [3.63, 3.8) is 0 Å². The maximum Gasteiger partial charge on any atom is 0.120 e. The maximum atomic E-state index is 7.23. The van der Waals surface area contributed by atoms with Gasteiger partial charge < -0.3 is 14.4 Å². The molecule has 0 saturated carbocycles. The molecule has 0 N–H and O–H groups in total. The van der Waals surface area contributed by atoms with Gasteiger partial charge in [0.15, 0.2) is 0 Å². The molecule has 3 nitrogen and oxygen atoms in total. The average Bonchev–Trinajstić information content (AvgIpc) is 3.36. The van der Waals surface area contributed by atoms with Gasteiger partial charge in [-0.3, -0.25) is 0 Å². The molecule has 0 fully saturated rings. The van der Waals surface area contributed by atoms with E-state index in [4.69, 9.17) is 8.53 Å². The van der Waals surface area contributed by atoms with Crippen molar-refractivity contribution in [1.82, 2.24) is 9.97 Å². The Hall–Kier alpha value is -3.37. The smallest absolute Gasteiger partial charge is 0.120 e. The third-order valence-electron chi connectivity index (χ3n) is 6.72. The Kier molecular flexibility index (Phi) is 7.95. The zero-order valence-electron chi connectivity index (χ0n) is 26.4. The van der Waals surface area contributed by atoms with Crippen molar-refractivity contribution in [1.29, 1.82) is 0 Å². The van der Waals surface area contributed by atoms with E-state index < -0.39 is 14.9 Å². The van der Waals surface area contributed by atoms with Gasteiger partial charge in [-0.05, 0) is 41.4 Å². The van der Waals surface area contributed by atoms with Crippen molar-refractivity contribution in [2.24, 2.45) is 0 Å². The molecule has 0 aliphatic carbocycles. The van der Waals surface area contributed by atoms with Crippen molar-refractivity contribution in [3.05, 3.63) is 115 Å². The van der Waals surface area contributed by atoms with Crippen LogP contribution in [0, 0.1) is 19.0 Å². The summed E-state index contributed by atoms with van der Waals surface area (Å²) in [4.78, 5) is 8.80. The van der Waals surface area contributed by atoms with Crippen LogP contribution in [0.3, 0.4) is 0 Å². The second kappa shape index (κ2) is 12.4. The van der Waals surface area contributed by atoms with E-state index in [1.54, 1.807) is 18.2 Å². The summed E-state index contributed by atoms with van der Waals surface area (Å²) in [6.45, 7) is 9.40. The molecule has 0 atom stereocenters. The van der Waals surface area contributed by atoms with Crippen LogP contribution in [0.4, 0.5) is 0 Å². The van der Waals surface area contributed by atoms with Gasteiger partial charge in [0.25, 0.3) is 0 Å². The normalized spacial score (nSPS) is 12.7. The molecule has 205 valence electrons. The minimum Gasteiger partial charge on any atom is -0.501 e. The number of fused-ring (bicyclic) bond motifs is 3. The predicted octanol–water partition coefficient (Wildman–Crippen LogP) is 8.97. The first-order valence-corrected chi connectivity index (χ1v) is 16.7. The second-order valence-electron chi connectivity index (χ2n) is 11.0. The Morgan fingerprint density at radius 3 is 2.25 bits per heavy atom. The monoisotopic (exact) mass is 722 g/mol. The van der Waals surface area contributed by atoms with E-state index in [9.17, 15) is 0 Å². The second-order valence-corrected chi connectivity index (χ2v) is 16.0. The standard InChI is InChI=1S/C23H24NOSi.C12H10N.Ir/c1-15(2)16-12-13-19(24-14-16)17-8-6-9-18-22-20(25-23(17)18)10-7-11-21(22)26(3,4)5;1-10-7-8-12(13-9-10)11-5-3-2-4-6-11;/h6-7,9-15H,1-5H3;2-5,7-9H,1H3;/q2*-1;/i;1D3;. The maximum absolute atomic E-state index is 7.23. The first-order valence-electron chi connectivity index (χ1n) is 14.7. The molecular weight excluding hydrogens is 685 g/mol. The summed E-state index contributed by atoms with van der Waals surface area (Å²) in [5.41, 5.74) is 6.79. The van der Waals surface area contributed by atoms with E-state index in [-0.39, 0.29) is 25.7 Å². The third kappa shape index (κ3) is 6.33. The largest absolute Gasteiger partial charge is 0.501 e. The first kappa shape index (κ1) is 25.6. The Morgan fingerprint density at radius 2 is 1.62 bits per heavy atom. The molecule has 3 heterocycles. The van der Waals surface area contributed by atoms with Gasteiger partial charge in [-0.25, -0.2) is 0 Å². The molecule has 0 bridgehead atoms. The van der Waals surface area contributed by atoms with Crippen LogP contribution in [-0.2, 0) is 20.1 Å². The molecule has 1 radical (unpaired) electrons. The van der Waals surface area contributed by atoms with Crippen molar-refractivity contribution in [2.45, 2.75) is 46.3 Å². The summed E-state index contributed by atoms with van der Waals surface area (Å²) in [6, 6.07) is 31.9. The SMILES string of the molecule is CC(C)c1ccc(-c2[c-]ccc3c2oc2cccc([Si](C)(C)C)c23)nc1.[2H]C([2H])([2H])c1ccc(-c2[c-]cccc2)nc1.[Ir]. The molecule has 3 aromatic carbocycles. The van der Waals surface area contributed by atoms with Gasteiger partial charge in [0.05, 0.1) is 13.7 Å². The van der Waals surface area contributed by atoms with Crippen molar-refractivity contribution in [3.8, 4) is 22.5 Å². The summed E-state index contributed by atoms with van der Waals surface area (Å²) in [5, 5.41) is 3.87. The number of furan rings is 1. The Morgan fingerprint density at radius 1 is 0.825 bits per heavy atom. The average molecular weight is 722 g/mol. The number of aryl methyl sites for hydroxylation is 1. The van der Waals surface area contributed by atoms with Crippen molar-refractivity contribution >= 4 is 35.2 Å². The minimum atomic E-state index is -2.09. The summed E-state index contributed by atoms with van der Waals surface area (Å²) in [5.74, 6) is 0.474. The number of aromatic nitrogens is 2. The topological polar surface area (TPSA) is 38.9 Å². The van der Waals surface area contributed by atoms with Gasteiger partial charge in [-0.15, -0.1) is 54.1 Å². The fourth-order valence-electron chi connectivity index (χ4n) is 4.61. The molecule has 0 spiro atoms. The Balaban J connectivity index is 0.000000215. The molecular formula is C35H34IrN2OSi-2. The molecule has 6 rings (SSSR count). The number of pyridine rings is 2. The van der Waals surface area contributed by atoms with Gasteiger partial charge in [0, 0.05) is 42.0 Å². The van der Waals surface area contributed by atoms with Crippen LogP contribution >= 0.6 is 0 Å². The van der Waals surface area contributed by atoms with Gasteiger partial charge in [-0.2, -0.15) is 0 Å². The van der Waals surface area contributed by atoms with Gasteiger partial charge >= 0.3 is 0 Å². The number of benzene rings is 3.